The number of aryl methyl sites for hydroxylation is 4. The molecule has 3 heterocycles. The first-order chi connectivity index (χ1) is 12.6. The number of carbonyl (C=O) groups is 1. The zero-order valence-corrected chi connectivity index (χ0v) is 16.3. The molecule has 0 saturated carbocycles. The minimum Gasteiger partial charge on any atom is -0.351 e. The Labute approximate surface area is 159 Å². The third-order valence-corrected chi connectivity index (χ3v) is 7.09. The van der Waals surface area contributed by atoms with E-state index in [-0.39, 0.29) is 11.5 Å². The molecule has 3 aromatic heterocycles. The fraction of sp³-hybridized carbons (Fsp3) is 0.421. The fourth-order valence-electron chi connectivity index (χ4n) is 3.41. The molecular weight excluding hydrogens is 366 g/mol. The molecule has 0 aromatic carbocycles. The number of H-pyrrole nitrogens is 1. The quantitative estimate of drug-likeness (QED) is 0.704. The summed E-state index contributed by atoms with van der Waals surface area (Å²) < 4.78 is 0. The van der Waals surface area contributed by atoms with Crippen LogP contribution in [0.1, 0.15) is 46.0 Å². The van der Waals surface area contributed by atoms with E-state index in [1.165, 1.54) is 27.3 Å². The average molecular weight is 388 g/mol. The van der Waals surface area contributed by atoms with Gasteiger partial charge in [-0.15, -0.1) is 22.7 Å². The lowest BCUT2D eigenvalue weighted by Crippen LogP contribution is -2.23. The Morgan fingerprint density at radius 1 is 1.35 bits per heavy atom. The van der Waals surface area contributed by atoms with E-state index in [1.54, 1.807) is 22.7 Å². The minimum atomic E-state index is -0.0565. The van der Waals surface area contributed by atoms with E-state index < -0.39 is 0 Å². The van der Waals surface area contributed by atoms with Gasteiger partial charge in [0.25, 0.3) is 5.56 Å². The number of fused-ring (bicyclic) bond motifs is 3. The summed E-state index contributed by atoms with van der Waals surface area (Å²) in [5.74, 6) is 0.578. The van der Waals surface area contributed by atoms with Crippen LogP contribution in [0.2, 0.25) is 0 Å². The highest BCUT2D eigenvalue weighted by atomic mass is 32.1. The van der Waals surface area contributed by atoms with Gasteiger partial charge in [0.2, 0.25) is 5.91 Å². The van der Waals surface area contributed by atoms with Gasteiger partial charge in [0.1, 0.15) is 10.7 Å². The van der Waals surface area contributed by atoms with Gasteiger partial charge in [-0.25, -0.2) is 4.98 Å². The Balaban J connectivity index is 1.43. The van der Waals surface area contributed by atoms with Crippen molar-refractivity contribution in [3.05, 3.63) is 48.5 Å². The van der Waals surface area contributed by atoms with Crippen molar-refractivity contribution in [1.29, 1.82) is 0 Å². The summed E-state index contributed by atoms with van der Waals surface area (Å²) in [4.78, 5) is 35.4. The third-order valence-electron chi connectivity index (χ3n) is 4.88. The van der Waals surface area contributed by atoms with E-state index >= 15 is 0 Å². The van der Waals surface area contributed by atoms with E-state index in [0.717, 1.165) is 29.5 Å². The number of carbonyl (C=O) groups excluding carboxylic acids is 1. The number of aromatic nitrogens is 2. The van der Waals surface area contributed by atoms with Gasteiger partial charge in [0.05, 0.1) is 11.9 Å². The first-order valence-corrected chi connectivity index (χ1v) is 10.6. The number of nitrogens with zero attached hydrogens (tertiary/aromatic N) is 1. The van der Waals surface area contributed by atoms with Crippen LogP contribution >= 0.6 is 22.7 Å². The summed E-state index contributed by atoms with van der Waals surface area (Å²) in [6, 6.07) is 2.05. The molecule has 1 aliphatic rings. The molecule has 5 nitrogen and oxygen atoms in total. The topological polar surface area (TPSA) is 74.8 Å². The minimum absolute atomic E-state index is 0.0222. The van der Waals surface area contributed by atoms with Gasteiger partial charge in [0.15, 0.2) is 0 Å². The van der Waals surface area contributed by atoms with Crippen LogP contribution in [0.25, 0.3) is 10.2 Å². The molecule has 0 saturated heterocycles. The van der Waals surface area contributed by atoms with Crippen LogP contribution in [0.4, 0.5) is 0 Å². The van der Waals surface area contributed by atoms with Crippen molar-refractivity contribution in [1.82, 2.24) is 15.3 Å². The Bertz CT molecular complexity index is 1020. The summed E-state index contributed by atoms with van der Waals surface area (Å²) in [6.07, 6.45) is 5.13. The highest BCUT2D eigenvalue weighted by Gasteiger charge is 2.19. The molecule has 1 aliphatic carbocycles. The monoisotopic (exact) mass is 387 g/mol. The van der Waals surface area contributed by atoms with Crippen molar-refractivity contribution in [3.63, 3.8) is 0 Å². The molecule has 0 bridgehead atoms. The number of aromatic amines is 1. The highest BCUT2D eigenvalue weighted by molar-refractivity contribution is 7.18. The molecule has 0 fully saturated rings. The molecule has 136 valence electrons. The molecule has 2 N–H and O–H groups in total. The summed E-state index contributed by atoms with van der Waals surface area (Å²) in [5.41, 5.74) is 2.34. The van der Waals surface area contributed by atoms with E-state index in [9.17, 15) is 9.59 Å². The normalized spacial score (nSPS) is 13.7. The molecule has 0 aliphatic heterocycles. The van der Waals surface area contributed by atoms with Crippen molar-refractivity contribution < 1.29 is 4.79 Å². The number of rotatable bonds is 5. The first-order valence-electron chi connectivity index (χ1n) is 8.95. The van der Waals surface area contributed by atoms with Crippen LogP contribution in [0.15, 0.2) is 16.2 Å². The number of hydrogen-bond donors (Lipinski definition) is 2. The maximum absolute atomic E-state index is 12.5. The van der Waals surface area contributed by atoms with Crippen LogP contribution in [-0.2, 0) is 30.6 Å². The summed E-state index contributed by atoms with van der Waals surface area (Å²) >= 11 is 3.29. The number of nitrogens with one attached hydrogen (secondary N) is 2. The zero-order valence-electron chi connectivity index (χ0n) is 14.7. The van der Waals surface area contributed by atoms with Crippen molar-refractivity contribution in [3.8, 4) is 0 Å². The van der Waals surface area contributed by atoms with E-state index in [4.69, 9.17) is 0 Å². The van der Waals surface area contributed by atoms with E-state index in [0.29, 0.717) is 25.2 Å². The van der Waals surface area contributed by atoms with E-state index in [2.05, 4.69) is 21.4 Å². The molecular formula is C19H21N3O2S2. The summed E-state index contributed by atoms with van der Waals surface area (Å²) in [6.45, 7) is 2.60. The molecule has 1 amide bonds. The molecule has 0 spiro atoms. The summed E-state index contributed by atoms with van der Waals surface area (Å²) in [7, 11) is 0. The molecule has 0 radical (unpaired) electrons. The third kappa shape index (κ3) is 3.46. The van der Waals surface area contributed by atoms with Crippen molar-refractivity contribution in [2.75, 3.05) is 0 Å². The van der Waals surface area contributed by atoms with Crippen LogP contribution < -0.4 is 10.9 Å². The Morgan fingerprint density at radius 2 is 2.19 bits per heavy atom. The Kier molecular flexibility index (Phi) is 4.91. The maximum atomic E-state index is 12.5. The van der Waals surface area contributed by atoms with Gasteiger partial charge >= 0.3 is 0 Å². The van der Waals surface area contributed by atoms with Crippen molar-refractivity contribution in [2.24, 2.45) is 0 Å². The number of amides is 1. The van der Waals surface area contributed by atoms with Gasteiger partial charge < -0.3 is 10.3 Å². The highest BCUT2D eigenvalue weighted by Crippen LogP contribution is 2.33. The summed E-state index contributed by atoms with van der Waals surface area (Å²) in [5, 5.41) is 5.74. The fourth-order valence-corrected chi connectivity index (χ4v) is 5.54. The van der Waals surface area contributed by atoms with Crippen LogP contribution in [0, 0.1) is 6.92 Å². The second-order valence-electron chi connectivity index (χ2n) is 6.71. The van der Waals surface area contributed by atoms with Gasteiger partial charge in [-0.05, 0) is 55.2 Å². The van der Waals surface area contributed by atoms with Crippen LogP contribution in [0.3, 0.4) is 0 Å². The van der Waals surface area contributed by atoms with Crippen LogP contribution in [0.5, 0.6) is 0 Å². The van der Waals surface area contributed by atoms with Crippen LogP contribution in [-0.4, -0.2) is 15.9 Å². The predicted octanol–water partition coefficient (Wildman–Crippen LogP) is 3.48. The van der Waals surface area contributed by atoms with Gasteiger partial charge in [0, 0.05) is 22.6 Å². The first kappa shape index (κ1) is 17.4. The van der Waals surface area contributed by atoms with Crippen molar-refractivity contribution in [2.45, 2.75) is 52.0 Å². The second kappa shape index (κ2) is 7.32. The Morgan fingerprint density at radius 3 is 3.00 bits per heavy atom. The van der Waals surface area contributed by atoms with Crippen molar-refractivity contribution >= 4 is 38.8 Å². The standard InChI is InChI=1S/C19H21N3O2S2/c1-11-8-9-25-14(11)10-20-16(23)7-6-15-21-18(24)17-12-4-2-3-5-13(12)26-19(17)22-15/h8-9H,2-7,10H2,1H3,(H,20,23)(H,21,22,24). The lowest BCUT2D eigenvalue weighted by atomic mass is 9.97. The molecule has 26 heavy (non-hydrogen) atoms. The van der Waals surface area contributed by atoms with E-state index in [1.807, 2.05) is 12.3 Å². The zero-order chi connectivity index (χ0) is 18.1. The molecule has 4 rings (SSSR count). The predicted molar refractivity (Wildman–Crippen MR) is 106 cm³/mol. The smallest absolute Gasteiger partial charge is 0.259 e. The lowest BCUT2D eigenvalue weighted by Gasteiger charge is -2.09. The molecule has 0 unspecified atom stereocenters. The molecule has 0 atom stereocenters. The number of thiophene rings is 2. The van der Waals surface area contributed by atoms with Gasteiger partial charge in [-0.3, -0.25) is 9.59 Å². The maximum Gasteiger partial charge on any atom is 0.259 e. The number of hydrogen-bond acceptors (Lipinski definition) is 5. The molecule has 7 heteroatoms. The lowest BCUT2D eigenvalue weighted by molar-refractivity contribution is -0.121. The SMILES string of the molecule is Cc1ccsc1CNC(=O)CCc1nc2sc3c(c2c(=O)[nH]1)CCCC3. The second-order valence-corrected chi connectivity index (χ2v) is 8.79. The largest absolute Gasteiger partial charge is 0.351 e. The average Bonchev–Trinajstić information content (AvgIpc) is 3.21. The molecule has 3 aromatic rings. The van der Waals surface area contributed by atoms with Gasteiger partial charge in [-0.1, -0.05) is 0 Å². The Hall–Kier alpha value is -1.99. The van der Waals surface area contributed by atoms with Gasteiger partial charge in [-0.2, -0.15) is 0 Å².